The molecule has 0 aliphatic rings. The van der Waals surface area contributed by atoms with Crippen LogP contribution in [0.1, 0.15) is 18.1 Å². The van der Waals surface area contributed by atoms with Gasteiger partial charge >= 0.3 is 0 Å². The number of carbonyl (C=O) groups excluding carboxylic acids is 2. The largest absolute Gasteiger partial charge is 0.350 e. The molecular weight excluding hydrogens is 295 g/mol. The summed E-state index contributed by atoms with van der Waals surface area (Å²) in [6.45, 7) is 3.57. The number of nitrogens with zero attached hydrogens (tertiary/aromatic N) is 1. The molecule has 2 aromatic carbocycles. The second kappa shape index (κ2) is 7.54. The summed E-state index contributed by atoms with van der Waals surface area (Å²) < 4.78 is 13.3. The van der Waals surface area contributed by atoms with Gasteiger partial charge < -0.3 is 10.2 Å². The first-order valence-corrected chi connectivity index (χ1v) is 7.31. The predicted octanol–water partition coefficient (Wildman–Crippen LogP) is 2.80. The van der Waals surface area contributed by atoms with Crippen LogP contribution in [0.3, 0.4) is 0 Å². The van der Waals surface area contributed by atoms with E-state index in [2.05, 4.69) is 5.32 Å². The van der Waals surface area contributed by atoms with Crippen LogP contribution in [0.25, 0.3) is 0 Å². The summed E-state index contributed by atoms with van der Waals surface area (Å²) in [6, 6.07) is 13.4. The van der Waals surface area contributed by atoms with E-state index in [1.165, 1.54) is 30.0 Å². The lowest BCUT2D eigenvalue weighted by Gasteiger charge is -2.20. The molecule has 23 heavy (non-hydrogen) atoms. The average Bonchev–Trinajstić information content (AvgIpc) is 2.51. The molecule has 2 aromatic rings. The second-order valence-electron chi connectivity index (χ2n) is 5.35. The number of amides is 2. The molecule has 5 heteroatoms. The van der Waals surface area contributed by atoms with Crippen LogP contribution in [0, 0.1) is 12.7 Å². The summed E-state index contributed by atoms with van der Waals surface area (Å²) in [7, 11) is 0. The van der Waals surface area contributed by atoms with E-state index in [0.29, 0.717) is 12.2 Å². The molecule has 0 radical (unpaired) electrons. The van der Waals surface area contributed by atoms with Crippen molar-refractivity contribution in [1.82, 2.24) is 5.32 Å². The Labute approximate surface area is 134 Å². The van der Waals surface area contributed by atoms with Gasteiger partial charge in [0.25, 0.3) is 0 Å². The normalized spacial score (nSPS) is 10.2. The average molecular weight is 314 g/mol. The molecule has 0 bridgehead atoms. The Morgan fingerprint density at radius 3 is 2.43 bits per heavy atom. The van der Waals surface area contributed by atoms with Crippen molar-refractivity contribution in [2.24, 2.45) is 0 Å². The maximum Gasteiger partial charge on any atom is 0.240 e. The van der Waals surface area contributed by atoms with E-state index in [-0.39, 0.29) is 18.4 Å². The Morgan fingerprint density at radius 1 is 1.13 bits per heavy atom. The van der Waals surface area contributed by atoms with Crippen LogP contribution in [-0.4, -0.2) is 18.4 Å². The molecule has 4 nitrogen and oxygen atoms in total. The van der Waals surface area contributed by atoms with Crippen molar-refractivity contribution < 1.29 is 14.0 Å². The third-order valence-electron chi connectivity index (χ3n) is 3.41. The van der Waals surface area contributed by atoms with Crippen molar-refractivity contribution in [3.05, 3.63) is 65.5 Å². The molecule has 0 aliphatic carbocycles. The molecule has 0 atom stereocenters. The highest BCUT2D eigenvalue weighted by Gasteiger charge is 2.16. The van der Waals surface area contributed by atoms with E-state index >= 15 is 0 Å². The lowest BCUT2D eigenvalue weighted by molar-refractivity contribution is -0.123. The van der Waals surface area contributed by atoms with Gasteiger partial charge in [0.2, 0.25) is 11.8 Å². The monoisotopic (exact) mass is 314 g/mol. The second-order valence-corrected chi connectivity index (χ2v) is 5.35. The fourth-order valence-electron chi connectivity index (χ4n) is 2.13. The van der Waals surface area contributed by atoms with Gasteiger partial charge in [0.15, 0.2) is 0 Å². The summed E-state index contributed by atoms with van der Waals surface area (Å²) in [5, 5.41) is 2.76. The van der Waals surface area contributed by atoms with Gasteiger partial charge in [-0.2, -0.15) is 0 Å². The molecule has 0 unspecified atom stereocenters. The highest BCUT2D eigenvalue weighted by atomic mass is 19.1. The first kappa shape index (κ1) is 16.7. The first-order chi connectivity index (χ1) is 11.0. The lowest BCUT2D eigenvalue weighted by atomic mass is 10.1. The Hall–Kier alpha value is -2.69. The van der Waals surface area contributed by atoms with Crippen LogP contribution in [0.4, 0.5) is 10.1 Å². The van der Waals surface area contributed by atoms with Gasteiger partial charge in [-0.25, -0.2) is 4.39 Å². The number of benzene rings is 2. The lowest BCUT2D eigenvalue weighted by Crippen LogP contribution is -2.39. The van der Waals surface area contributed by atoms with Crippen molar-refractivity contribution in [2.45, 2.75) is 20.4 Å². The van der Waals surface area contributed by atoms with E-state index in [4.69, 9.17) is 0 Å². The van der Waals surface area contributed by atoms with E-state index in [1.54, 1.807) is 6.07 Å². The van der Waals surface area contributed by atoms with Crippen molar-refractivity contribution >= 4 is 17.5 Å². The van der Waals surface area contributed by atoms with Crippen LogP contribution < -0.4 is 10.2 Å². The van der Waals surface area contributed by atoms with Gasteiger partial charge in [-0.1, -0.05) is 35.9 Å². The fraction of sp³-hybridized carbons (Fsp3) is 0.222. The minimum Gasteiger partial charge on any atom is -0.350 e. The van der Waals surface area contributed by atoms with Gasteiger partial charge in [0.1, 0.15) is 12.4 Å². The summed E-state index contributed by atoms with van der Waals surface area (Å²) in [5.41, 5.74) is 2.49. The topological polar surface area (TPSA) is 49.4 Å². The zero-order valence-electron chi connectivity index (χ0n) is 13.2. The van der Waals surface area contributed by atoms with Crippen LogP contribution in [-0.2, 0) is 16.1 Å². The van der Waals surface area contributed by atoms with Gasteiger partial charge in [0.05, 0.1) is 0 Å². The highest BCUT2D eigenvalue weighted by molar-refractivity contribution is 5.97. The van der Waals surface area contributed by atoms with Gasteiger partial charge in [-0.05, 0) is 30.7 Å². The summed E-state index contributed by atoms with van der Waals surface area (Å²) >= 11 is 0. The molecule has 120 valence electrons. The molecule has 0 saturated heterocycles. The molecule has 1 N–H and O–H groups in total. The quantitative estimate of drug-likeness (QED) is 0.922. The number of halogens is 1. The minimum atomic E-state index is -0.450. The van der Waals surface area contributed by atoms with E-state index in [9.17, 15) is 14.0 Å². The number of hydrogen-bond acceptors (Lipinski definition) is 2. The molecule has 0 aliphatic heterocycles. The molecule has 0 saturated carbocycles. The van der Waals surface area contributed by atoms with Crippen LogP contribution in [0.15, 0.2) is 48.5 Å². The molecule has 0 fully saturated rings. The van der Waals surface area contributed by atoms with Crippen molar-refractivity contribution in [2.75, 3.05) is 11.4 Å². The summed E-state index contributed by atoms with van der Waals surface area (Å²) in [4.78, 5) is 25.0. The maximum atomic E-state index is 13.3. The molecule has 0 aromatic heterocycles. The Morgan fingerprint density at radius 2 is 1.83 bits per heavy atom. The molecular formula is C18H19FN2O2. The molecule has 2 amide bonds. The Kier molecular flexibility index (Phi) is 5.46. The molecule has 2 rings (SSSR count). The SMILES string of the molecule is CC(=O)N(CC(=O)NCc1ccc(C)cc1)c1cccc(F)c1. The predicted molar refractivity (Wildman–Crippen MR) is 87.5 cm³/mol. The number of nitrogens with one attached hydrogen (secondary N) is 1. The third kappa shape index (κ3) is 4.92. The van der Waals surface area contributed by atoms with Crippen LogP contribution in [0.2, 0.25) is 0 Å². The highest BCUT2D eigenvalue weighted by Crippen LogP contribution is 2.15. The maximum absolute atomic E-state index is 13.3. The number of aryl methyl sites for hydroxylation is 1. The van der Waals surface area contributed by atoms with Crippen LogP contribution in [0.5, 0.6) is 0 Å². The van der Waals surface area contributed by atoms with Crippen molar-refractivity contribution in [3.63, 3.8) is 0 Å². The number of carbonyl (C=O) groups is 2. The Bertz CT molecular complexity index is 698. The van der Waals surface area contributed by atoms with E-state index in [1.807, 2.05) is 31.2 Å². The first-order valence-electron chi connectivity index (χ1n) is 7.31. The minimum absolute atomic E-state index is 0.148. The summed E-state index contributed by atoms with van der Waals surface area (Å²) in [6.07, 6.45) is 0. The zero-order valence-corrected chi connectivity index (χ0v) is 13.2. The van der Waals surface area contributed by atoms with Crippen molar-refractivity contribution in [3.8, 4) is 0 Å². The Balaban J connectivity index is 1.98. The summed E-state index contributed by atoms with van der Waals surface area (Å²) in [5.74, 6) is -1.07. The third-order valence-corrected chi connectivity index (χ3v) is 3.41. The van der Waals surface area contributed by atoms with Gasteiger partial charge in [-0.15, -0.1) is 0 Å². The molecule has 0 spiro atoms. The number of hydrogen-bond donors (Lipinski definition) is 1. The molecule has 0 heterocycles. The van der Waals surface area contributed by atoms with Gasteiger partial charge in [-0.3, -0.25) is 9.59 Å². The van der Waals surface area contributed by atoms with Gasteiger partial charge in [0, 0.05) is 19.2 Å². The van der Waals surface area contributed by atoms with Crippen molar-refractivity contribution in [1.29, 1.82) is 0 Å². The zero-order chi connectivity index (χ0) is 16.8. The fourth-order valence-corrected chi connectivity index (χ4v) is 2.13. The number of rotatable bonds is 5. The van der Waals surface area contributed by atoms with Crippen LogP contribution >= 0.6 is 0 Å². The number of anilines is 1. The van der Waals surface area contributed by atoms with E-state index in [0.717, 1.165) is 11.1 Å². The van der Waals surface area contributed by atoms with E-state index < -0.39 is 5.82 Å². The smallest absolute Gasteiger partial charge is 0.240 e. The standard InChI is InChI=1S/C18H19FN2O2/c1-13-6-8-15(9-7-13)11-20-18(23)12-21(14(2)22)17-5-3-4-16(19)10-17/h3-10H,11-12H2,1-2H3,(H,20,23).